The van der Waals surface area contributed by atoms with E-state index in [0.717, 1.165) is 17.7 Å². The van der Waals surface area contributed by atoms with Crippen LogP contribution in [0.2, 0.25) is 0 Å². The van der Waals surface area contributed by atoms with Gasteiger partial charge in [0.15, 0.2) is 5.58 Å². The van der Waals surface area contributed by atoms with Crippen molar-refractivity contribution in [3.63, 3.8) is 0 Å². The van der Waals surface area contributed by atoms with Crippen LogP contribution in [0, 0.1) is 0 Å². The molecule has 0 radical (unpaired) electrons. The van der Waals surface area contributed by atoms with Gasteiger partial charge in [-0.05, 0) is 42.0 Å². The predicted octanol–water partition coefficient (Wildman–Crippen LogP) is 6.01. The number of fused-ring (bicyclic) bond motifs is 1. The summed E-state index contributed by atoms with van der Waals surface area (Å²) in [4.78, 5) is 21.7. The Morgan fingerprint density at radius 1 is 0.927 bits per heavy atom. The van der Waals surface area contributed by atoms with Gasteiger partial charge in [0, 0.05) is 43.7 Å². The fourth-order valence-corrected chi connectivity index (χ4v) is 5.04. The van der Waals surface area contributed by atoms with E-state index in [2.05, 4.69) is 20.1 Å². The number of benzene rings is 3. The third kappa shape index (κ3) is 5.45. The Morgan fingerprint density at radius 2 is 1.71 bits per heavy atom. The van der Waals surface area contributed by atoms with Gasteiger partial charge in [0.2, 0.25) is 17.7 Å². The predicted molar refractivity (Wildman–Crippen MR) is 144 cm³/mol. The fraction of sp³-hybridized carbons (Fsp3) is 0.267. The summed E-state index contributed by atoms with van der Waals surface area (Å²) in [5.74, 6) is 1.11. The molecular weight excluding hydrogens is 535 g/mol. The zero-order valence-corrected chi connectivity index (χ0v) is 22.1. The Hall–Kier alpha value is -4.51. The van der Waals surface area contributed by atoms with Crippen LogP contribution in [0.15, 0.2) is 81.6 Å². The highest BCUT2D eigenvalue weighted by Gasteiger charge is 2.33. The Morgan fingerprint density at radius 3 is 2.41 bits per heavy atom. The number of amides is 1. The first-order chi connectivity index (χ1) is 19.8. The molecule has 0 spiro atoms. The molecule has 41 heavy (non-hydrogen) atoms. The SMILES string of the molecule is CCc1nnc(C(c2ccccc2)N2CCN(C(=O)c3cccc(-c4nc5cc(C(F)(F)F)ccc5o4)c3)CC2)o1. The van der Waals surface area contributed by atoms with Crippen molar-refractivity contribution < 1.29 is 26.8 Å². The van der Waals surface area contributed by atoms with Crippen molar-refractivity contribution in [2.75, 3.05) is 26.2 Å². The maximum atomic E-state index is 13.5. The quantitative estimate of drug-likeness (QED) is 0.251. The van der Waals surface area contributed by atoms with Crippen molar-refractivity contribution in [1.29, 1.82) is 0 Å². The molecule has 1 fully saturated rings. The lowest BCUT2D eigenvalue weighted by Gasteiger charge is -2.38. The van der Waals surface area contributed by atoms with E-state index in [1.54, 1.807) is 29.2 Å². The molecule has 8 nitrogen and oxygen atoms in total. The van der Waals surface area contributed by atoms with Crippen LogP contribution in [0.3, 0.4) is 0 Å². The molecule has 3 heterocycles. The molecule has 1 saturated heterocycles. The minimum absolute atomic E-state index is 0.1000. The molecule has 1 atom stereocenters. The molecule has 11 heteroatoms. The van der Waals surface area contributed by atoms with E-state index in [9.17, 15) is 18.0 Å². The number of oxazole rings is 1. The first-order valence-corrected chi connectivity index (χ1v) is 13.3. The molecule has 2 aromatic heterocycles. The second-order valence-electron chi connectivity index (χ2n) is 9.81. The van der Waals surface area contributed by atoms with Crippen LogP contribution >= 0.6 is 0 Å². The summed E-state index contributed by atoms with van der Waals surface area (Å²) in [7, 11) is 0. The first-order valence-electron chi connectivity index (χ1n) is 13.3. The second kappa shape index (κ2) is 10.8. The van der Waals surface area contributed by atoms with Crippen molar-refractivity contribution in [3.05, 3.63) is 101 Å². The third-order valence-electron chi connectivity index (χ3n) is 7.17. The maximum absolute atomic E-state index is 13.5. The number of nitrogens with zero attached hydrogens (tertiary/aromatic N) is 5. The molecule has 1 amide bonds. The topological polar surface area (TPSA) is 88.5 Å². The monoisotopic (exact) mass is 561 g/mol. The lowest BCUT2D eigenvalue weighted by Crippen LogP contribution is -2.50. The van der Waals surface area contributed by atoms with Crippen LogP contribution in [-0.2, 0) is 12.6 Å². The number of piperazine rings is 1. The second-order valence-corrected chi connectivity index (χ2v) is 9.81. The number of hydrogen-bond donors (Lipinski definition) is 0. The molecule has 0 saturated carbocycles. The van der Waals surface area contributed by atoms with Crippen LogP contribution in [0.5, 0.6) is 0 Å². The van der Waals surface area contributed by atoms with Crippen LogP contribution in [0.1, 0.15) is 46.2 Å². The Labute approximate surface area is 233 Å². The van der Waals surface area contributed by atoms with Gasteiger partial charge in [0.25, 0.3) is 5.91 Å². The number of hydrogen-bond acceptors (Lipinski definition) is 7. The minimum atomic E-state index is -4.48. The van der Waals surface area contributed by atoms with Gasteiger partial charge in [-0.3, -0.25) is 9.69 Å². The molecule has 1 aliphatic heterocycles. The summed E-state index contributed by atoms with van der Waals surface area (Å²) in [5, 5.41) is 8.45. The molecule has 0 N–H and O–H groups in total. The van der Waals surface area contributed by atoms with Gasteiger partial charge >= 0.3 is 6.18 Å². The number of aromatic nitrogens is 3. The number of halogens is 3. The Balaban J connectivity index is 1.18. The van der Waals surface area contributed by atoms with Crippen molar-refractivity contribution in [2.45, 2.75) is 25.6 Å². The smallest absolute Gasteiger partial charge is 0.416 e. The van der Waals surface area contributed by atoms with E-state index in [1.165, 1.54) is 6.07 Å². The van der Waals surface area contributed by atoms with E-state index >= 15 is 0 Å². The summed E-state index contributed by atoms with van der Waals surface area (Å²) in [5.41, 5.74) is 1.52. The number of rotatable bonds is 6. The average Bonchev–Trinajstić information content (AvgIpc) is 3.65. The molecule has 1 unspecified atom stereocenters. The fourth-order valence-electron chi connectivity index (χ4n) is 5.04. The van der Waals surface area contributed by atoms with Crippen molar-refractivity contribution in [2.24, 2.45) is 0 Å². The maximum Gasteiger partial charge on any atom is 0.416 e. The van der Waals surface area contributed by atoms with Gasteiger partial charge in [0.05, 0.1) is 5.56 Å². The lowest BCUT2D eigenvalue weighted by molar-refractivity contribution is -0.137. The zero-order valence-electron chi connectivity index (χ0n) is 22.1. The van der Waals surface area contributed by atoms with Crippen molar-refractivity contribution in [1.82, 2.24) is 25.0 Å². The van der Waals surface area contributed by atoms with Gasteiger partial charge < -0.3 is 13.7 Å². The molecule has 210 valence electrons. The summed E-state index contributed by atoms with van der Waals surface area (Å²) >= 11 is 0. The van der Waals surface area contributed by atoms with Crippen LogP contribution in [0.25, 0.3) is 22.6 Å². The van der Waals surface area contributed by atoms with Gasteiger partial charge in [-0.15, -0.1) is 10.2 Å². The molecule has 6 rings (SSSR count). The van der Waals surface area contributed by atoms with Crippen LogP contribution in [0.4, 0.5) is 13.2 Å². The molecule has 0 bridgehead atoms. The highest BCUT2D eigenvalue weighted by molar-refractivity contribution is 5.95. The summed E-state index contributed by atoms with van der Waals surface area (Å²) < 4.78 is 51.0. The minimum Gasteiger partial charge on any atom is -0.436 e. The highest BCUT2D eigenvalue weighted by atomic mass is 19.4. The Kier molecular flexibility index (Phi) is 7.04. The van der Waals surface area contributed by atoms with E-state index in [0.29, 0.717) is 55.5 Å². The normalized spacial score (nSPS) is 15.4. The van der Waals surface area contributed by atoms with Gasteiger partial charge in [0.1, 0.15) is 11.6 Å². The third-order valence-corrected chi connectivity index (χ3v) is 7.17. The number of carbonyl (C=O) groups excluding carboxylic acids is 1. The molecular formula is C30H26F3N5O3. The highest BCUT2D eigenvalue weighted by Crippen LogP contribution is 2.33. The molecule has 1 aliphatic rings. The van der Waals surface area contributed by atoms with Crippen molar-refractivity contribution in [3.8, 4) is 11.5 Å². The van der Waals surface area contributed by atoms with E-state index < -0.39 is 11.7 Å². The summed E-state index contributed by atoms with van der Waals surface area (Å²) in [6.45, 7) is 4.14. The van der Waals surface area contributed by atoms with Crippen LogP contribution in [-0.4, -0.2) is 57.1 Å². The number of alkyl halides is 3. The van der Waals surface area contributed by atoms with E-state index in [1.807, 2.05) is 37.3 Å². The molecule has 0 aliphatic carbocycles. The standard InChI is InChI=1S/C30H26F3N5O3/c1-2-25-35-36-28(41-25)26(19-7-4-3-5-8-19)37-13-15-38(16-14-37)29(39)21-10-6-9-20(17-21)27-34-23-18-22(30(31,32)33)11-12-24(23)40-27/h3-12,17-18,26H,2,13-16H2,1H3. The van der Waals surface area contributed by atoms with Gasteiger partial charge in [-0.1, -0.05) is 43.3 Å². The molecule has 3 aromatic carbocycles. The lowest BCUT2D eigenvalue weighted by atomic mass is 10.0. The van der Waals surface area contributed by atoms with E-state index in [4.69, 9.17) is 8.83 Å². The number of carbonyl (C=O) groups is 1. The van der Waals surface area contributed by atoms with Gasteiger partial charge in [-0.25, -0.2) is 4.98 Å². The van der Waals surface area contributed by atoms with Gasteiger partial charge in [-0.2, -0.15) is 13.2 Å². The van der Waals surface area contributed by atoms with Crippen molar-refractivity contribution >= 4 is 17.0 Å². The summed E-state index contributed by atoms with van der Waals surface area (Å²) in [6, 6.07) is 19.7. The largest absolute Gasteiger partial charge is 0.436 e. The van der Waals surface area contributed by atoms with E-state index in [-0.39, 0.29) is 28.9 Å². The first kappa shape index (κ1) is 26.7. The molecule has 5 aromatic rings. The number of aryl methyl sites for hydroxylation is 1. The average molecular weight is 562 g/mol. The van der Waals surface area contributed by atoms with Crippen LogP contribution < -0.4 is 0 Å². The Bertz CT molecular complexity index is 1670. The summed E-state index contributed by atoms with van der Waals surface area (Å²) in [6.07, 6.45) is -3.83. The zero-order chi connectivity index (χ0) is 28.6.